The molecule has 0 radical (unpaired) electrons. The lowest BCUT2D eigenvalue weighted by Gasteiger charge is -2.30. The normalized spacial score (nSPS) is 19.5. The lowest BCUT2D eigenvalue weighted by molar-refractivity contribution is -0.129. The molecule has 1 heterocycles. The van der Waals surface area contributed by atoms with Crippen molar-refractivity contribution < 1.29 is 22.7 Å². The molecule has 0 saturated heterocycles. The Labute approximate surface area is 170 Å². The second kappa shape index (κ2) is 7.99. The number of rotatable bonds is 4. The molecule has 0 amide bonds. The van der Waals surface area contributed by atoms with E-state index >= 15 is 0 Å². The Balaban J connectivity index is 1.53. The van der Waals surface area contributed by atoms with Crippen LogP contribution in [0.5, 0.6) is 0 Å². The zero-order chi connectivity index (χ0) is 20.4. The Morgan fingerprint density at radius 1 is 0.966 bits per heavy atom. The average molecular weight is 413 g/mol. The van der Waals surface area contributed by atoms with E-state index in [-0.39, 0.29) is 16.2 Å². The number of carbonyl (C=O) groups is 2. The molecule has 0 N–H and O–H groups in total. The number of ketones is 1. The molecular formula is C22H23NO5S. The molecule has 1 aliphatic carbocycles. The van der Waals surface area contributed by atoms with Crippen LogP contribution in [0.4, 0.5) is 5.69 Å². The van der Waals surface area contributed by atoms with Crippen molar-refractivity contribution in [3.8, 4) is 0 Å². The zero-order valence-electron chi connectivity index (χ0n) is 16.0. The van der Waals surface area contributed by atoms with Crippen molar-refractivity contribution in [2.45, 2.75) is 49.5 Å². The molecule has 0 unspecified atom stereocenters. The van der Waals surface area contributed by atoms with Gasteiger partial charge in [0.2, 0.25) is 0 Å². The quantitative estimate of drug-likeness (QED) is 0.717. The van der Waals surface area contributed by atoms with E-state index in [4.69, 9.17) is 4.74 Å². The van der Waals surface area contributed by atoms with Crippen LogP contribution in [0.2, 0.25) is 0 Å². The van der Waals surface area contributed by atoms with Crippen LogP contribution in [0, 0.1) is 0 Å². The number of benzene rings is 2. The Morgan fingerprint density at radius 3 is 2.48 bits per heavy atom. The molecule has 0 bridgehead atoms. The van der Waals surface area contributed by atoms with Crippen LogP contribution < -0.4 is 4.31 Å². The Morgan fingerprint density at radius 2 is 1.72 bits per heavy atom. The highest BCUT2D eigenvalue weighted by Crippen LogP contribution is 2.31. The Bertz CT molecular complexity index is 1030. The maximum absolute atomic E-state index is 13.2. The van der Waals surface area contributed by atoms with Gasteiger partial charge in [-0.15, -0.1) is 0 Å². The summed E-state index contributed by atoms with van der Waals surface area (Å²) < 4.78 is 33.1. The minimum absolute atomic E-state index is 0.0486. The largest absolute Gasteiger partial charge is 0.451 e. The number of sulfonamides is 1. The smallest absolute Gasteiger partial charge is 0.338 e. The van der Waals surface area contributed by atoms with Crippen LogP contribution in [0.25, 0.3) is 0 Å². The molecule has 2 aromatic carbocycles. The molecule has 0 aromatic heterocycles. The number of hydrogen-bond donors (Lipinski definition) is 0. The number of aryl methyl sites for hydroxylation is 1. The van der Waals surface area contributed by atoms with Crippen LogP contribution in [0.3, 0.4) is 0 Å². The SMILES string of the molecule is O=C(O[C@@H]1CCCCC1=O)c1ccc(S(=O)(=O)N2CCCc3ccccc32)cc1. The van der Waals surface area contributed by atoms with Gasteiger partial charge in [-0.2, -0.15) is 0 Å². The monoisotopic (exact) mass is 413 g/mol. The molecule has 29 heavy (non-hydrogen) atoms. The minimum Gasteiger partial charge on any atom is -0.451 e. The van der Waals surface area contributed by atoms with Gasteiger partial charge in [0.1, 0.15) is 0 Å². The summed E-state index contributed by atoms with van der Waals surface area (Å²) in [6.45, 7) is 0.424. The number of para-hydroxylation sites is 1. The highest BCUT2D eigenvalue weighted by molar-refractivity contribution is 7.92. The number of carbonyl (C=O) groups excluding carboxylic acids is 2. The first-order chi connectivity index (χ1) is 14.0. The van der Waals surface area contributed by atoms with E-state index in [0.717, 1.165) is 31.2 Å². The second-order valence-corrected chi connectivity index (χ2v) is 9.30. The molecule has 0 spiro atoms. The first-order valence-electron chi connectivity index (χ1n) is 9.91. The number of nitrogens with zero attached hydrogens (tertiary/aromatic N) is 1. The highest BCUT2D eigenvalue weighted by atomic mass is 32.2. The predicted molar refractivity (Wildman–Crippen MR) is 108 cm³/mol. The Hall–Kier alpha value is -2.67. The van der Waals surface area contributed by atoms with Crippen LogP contribution in [0.15, 0.2) is 53.4 Å². The maximum atomic E-state index is 13.2. The van der Waals surface area contributed by atoms with Crippen molar-refractivity contribution in [2.24, 2.45) is 0 Å². The fourth-order valence-electron chi connectivity index (χ4n) is 3.91. The zero-order valence-corrected chi connectivity index (χ0v) is 16.9. The molecule has 2 aromatic rings. The van der Waals surface area contributed by atoms with Crippen molar-refractivity contribution >= 4 is 27.5 Å². The summed E-state index contributed by atoms with van der Waals surface area (Å²) in [5, 5.41) is 0. The van der Waals surface area contributed by atoms with Crippen molar-refractivity contribution in [1.29, 1.82) is 0 Å². The summed E-state index contributed by atoms with van der Waals surface area (Å²) in [7, 11) is -3.73. The lowest BCUT2D eigenvalue weighted by atomic mass is 9.96. The number of hydrogen-bond acceptors (Lipinski definition) is 5. The standard InChI is InChI=1S/C22H23NO5S/c24-20-9-3-4-10-21(20)28-22(25)17-11-13-18(14-12-17)29(26,27)23-15-5-7-16-6-1-2-8-19(16)23/h1-2,6,8,11-14,21H,3-5,7,9-10,15H2/t21-/m1/s1. The van der Waals surface area contributed by atoms with Gasteiger partial charge in [0.15, 0.2) is 11.9 Å². The van der Waals surface area contributed by atoms with Crippen molar-refractivity contribution in [3.05, 3.63) is 59.7 Å². The van der Waals surface area contributed by atoms with Crippen LogP contribution in [-0.4, -0.2) is 32.8 Å². The summed E-state index contributed by atoms with van der Waals surface area (Å²) in [4.78, 5) is 24.3. The molecule has 1 saturated carbocycles. The summed E-state index contributed by atoms with van der Waals surface area (Å²) in [6.07, 6.45) is 3.60. The van der Waals surface area contributed by atoms with Crippen LogP contribution in [-0.2, 0) is 26.0 Å². The predicted octanol–water partition coefficient (Wildman–Crippen LogP) is 3.50. The van der Waals surface area contributed by atoms with Crippen LogP contribution in [0.1, 0.15) is 48.0 Å². The average Bonchev–Trinajstić information content (AvgIpc) is 2.75. The minimum atomic E-state index is -3.73. The molecular weight excluding hydrogens is 390 g/mol. The van der Waals surface area contributed by atoms with Gasteiger partial charge in [-0.25, -0.2) is 13.2 Å². The molecule has 1 fully saturated rings. The van der Waals surface area contributed by atoms with E-state index in [0.29, 0.717) is 25.1 Å². The van der Waals surface area contributed by atoms with E-state index in [9.17, 15) is 18.0 Å². The third kappa shape index (κ3) is 3.92. The number of fused-ring (bicyclic) bond motifs is 1. The van der Waals surface area contributed by atoms with E-state index < -0.39 is 22.1 Å². The van der Waals surface area contributed by atoms with Gasteiger partial charge in [-0.1, -0.05) is 18.2 Å². The maximum Gasteiger partial charge on any atom is 0.338 e. The molecule has 6 nitrogen and oxygen atoms in total. The van der Waals surface area contributed by atoms with Gasteiger partial charge in [-0.3, -0.25) is 9.10 Å². The van der Waals surface area contributed by atoms with Gasteiger partial charge in [-0.05, 0) is 68.0 Å². The van der Waals surface area contributed by atoms with Gasteiger partial charge in [0.05, 0.1) is 16.1 Å². The lowest BCUT2D eigenvalue weighted by Crippen LogP contribution is -2.35. The molecule has 7 heteroatoms. The van der Waals surface area contributed by atoms with E-state index in [1.54, 1.807) is 0 Å². The molecule has 1 atom stereocenters. The van der Waals surface area contributed by atoms with Gasteiger partial charge in [0.25, 0.3) is 10.0 Å². The van der Waals surface area contributed by atoms with Crippen molar-refractivity contribution in [3.63, 3.8) is 0 Å². The fourth-order valence-corrected chi connectivity index (χ4v) is 5.45. The third-order valence-corrected chi connectivity index (χ3v) is 7.32. The van der Waals surface area contributed by atoms with Crippen LogP contribution >= 0.6 is 0 Å². The van der Waals surface area contributed by atoms with Crippen molar-refractivity contribution in [1.82, 2.24) is 0 Å². The number of esters is 1. The fraction of sp³-hybridized carbons (Fsp3) is 0.364. The van der Waals surface area contributed by atoms with E-state index in [1.807, 2.05) is 24.3 Å². The topological polar surface area (TPSA) is 80.8 Å². The van der Waals surface area contributed by atoms with Gasteiger partial charge >= 0.3 is 5.97 Å². The number of Topliss-reactive ketones (excluding diaryl/α,β-unsaturated/α-hetero) is 1. The summed E-state index contributed by atoms with van der Waals surface area (Å²) in [5.41, 5.74) is 1.96. The summed E-state index contributed by atoms with van der Waals surface area (Å²) in [6, 6.07) is 13.2. The summed E-state index contributed by atoms with van der Waals surface area (Å²) >= 11 is 0. The van der Waals surface area contributed by atoms with Gasteiger partial charge < -0.3 is 4.74 Å². The van der Waals surface area contributed by atoms with Gasteiger partial charge in [0, 0.05) is 13.0 Å². The highest BCUT2D eigenvalue weighted by Gasteiger charge is 2.30. The van der Waals surface area contributed by atoms with E-state index in [1.165, 1.54) is 28.6 Å². The summed E-state index contributed by atoms with van der Waals surface area (Å²) in [5.74, 6) is -0.648. The molecule has 152 valence electrons. The van der Waals surface area contributed by atoms with E-state index in [2.05, 4.69) is 0 Å². The van der Waals surface area contributed by atoms with Crippen molar-refractivity contribution in [2.75, 3.05) is 10.8 Å². The second-order valence-electron chi connectivity index (χ2n) is 7.44. The third-order valence-electron chi connectivity index (χ3n) is 5.49. The number of ether oxygens (including phenoxy) is 1. The molecule has 1 aliphatic heterocycles. The first-order valence-corrected chi connectivity index (χ1v) is 11.4. The Kier molecular flexibility index (Phi) is 5.41. The molecule has 2 aliphatic rings. The number of anilines is 1. The first kappa shape index (κ1) is 19.6. The molecule has 4 rings (SSSR count).